The summed E-state index contributed by atoms with van der Waals surface area (Å²) in [6, 6.07) is 0. The van der Waals surface area contributed by atoms with E-state index in [2.05, 4.69) is 49.6 Å². The Morgan fingerprint density at radius 2 is 1.33 bits per heavy atom. The first kappa shape index (κ1) is 7.60. The second kappa shape index (κ2) is 2.22. The van der Waals surface area contributed by atoms with Crippen LogP contribution in [0.2, 0.25) is 0 Å². The molecule has 0 aromatic heterocycles. The molecule has 0 heterocycles. The highest BCUT2D eigenvalue weighted by Gasteiger charge is 2.48. The summed E-state index contributed by atoms with van der Waals surface area (Å²) >= 11 is 0. The van der Waals surface area contributed by atoms with Crippen molar-refractivity contribution in [1.82, 2.24) is 0 Å². The van der Waals surface area contributed by atoms with Gasteiger partial charge in [0.2, 0.25) is 0 Å². The molecular weight excluding hydrogens is 144 g/mol. The molecule has 0 N–H and O–H groups in total. The van der Waals surface area contributed by atoms with Crippen molar-refractivity contribution in [3.63, 3.8) is 0 Å². The van der Waals surface area contributed by atoms with Crippen LogP contribution >= 0.6 is 0 Å². The SMILES string of the molecule is C=C[C@]12C=CC[C@@]1(C=C)C=CC2. The molecule has 0 heteroatoms. The molecule has 0 radical (unpaired) electrons. The summed E-state index contributed by atoms with van der Waals surface area (Å²) in [6.45, 7) is 7.86. The topological polar surface area (TPSA) is 0 Å². The number of fused-ring (bicyclic) bond motifs is 1. The van der Waals surface area contributed by atoms with Crippen LogP contribution in [0, 0.1) is 10.8 Å². The zero-order chi connectivity index (χ0) is 8.66. The molecule has 0 amide bonds. The Balaban J connectivity index is 2.51. The van der Waals surface area contributed by atoms with Crippen LogP contribution in [0.25, 0.3) is 0 Å². The molecule has 0 saturated carbocycles. The summed E-state index contributed by atoms with van der Waals surface area (Å²) in [6.07, 6.45) is 15.3. The summed E-state index contributed by atoms with van der Waals surface area (Å²) in [5.41, 5.74) is 0.295. The lowest BCUT2D eigenvalue weighted by molar-refractivity contribution is 0.315. The van der Waals surface area contributed by atoms with Gasteiger partial charge in [-0.25, -0.2) is 0 Å². The summed E-state index contributed by atoms with van der Waals surface area (Å²) in [5, 5.41) is 0. The monoisotopic (exact) mass is 158 g/mol. The fraction of sp³-hybridized carbons (Fsp3) is 0.333. The Labute approximate surface area is 74.0 Å². The van der Waals surface area contributed by atoms with Crippen molar-refractivity contribution < 1.29 is 0 Å². The van der Waals surface area contributed by atoms with Crippen molar-refractivity contribution in [2.45, 2.75) is 12.8 Å². The Hall–Kier alpha value is -1.04. The van der Waals surface area contributed by atoms with E-state index >= 15 is 0 Å². The van der Waals surface area contributed by atoms with Crippen LogP contribution < -0.4 is 0 Å². The van der Waals surface area contributed by atoms with Gasteiger partial charge in [0.25, 0.3) is 0 Å². The Morgan fingerprint density at radius 3 is 1.67 bits per heavy atom. The van der Waals surface area contributed by atoms with Crippen LogP contribution in [0.15, 0.2) is 49.6 Å². The molecule has 0 spiro atoms. The fourth-order valence-corrected chi connectivity index (χ4v) is 2.44. The van der Waals surface area contributed by atoms with Crippen LogP contribution in [-0.4, -0.2) is 0 Å². The first-order valence-electron chi connectivity index (χ1n) is 4.41. The molecule has 0 nitrogen and oxygen atoms in total. The maximum atomic E-state index is 3.93. The van der Waals surface area contributed by atoms with Gasteiger partial charge in [-0.15, -0.1) is 13.2 Å². The standard InChI is InChI=1S/C12H14/c1-3-11-7-5-9-12(11,4-2)10-6-8-11/h3-7,10H,1-2,8-9H2/t11-,12+/m1/s1. The molecule has 0 saturated heterocycles. The van der Waals surface area contributed by atoms with Gasteiger partial charge in [-0.1, -0.05) is 36.5 Å². The van der Waals surface area contributed by atoms with E-state index < -0.39 is 0 Å². The van der Waals surface area contributed by atoms with E-state index in [4.69, 9.17) is 0 Å². The lowest BCUT2D eigenvalue weighted by Crippen LogP contribution is -2.28. The van der Waals surface area contributed by atoms with Crippen LogP contribution in [0.4, 0.5) is 0 Å². The highest BCUT2D eigenvalue weighted by atomic mass is 14.5. The first-order chi connectivity index (χ1) is 5.79. The average Bonchev–Trinajstić information content (AvgIpc) is 2.58. The third-order valence-corrected chi connectivity index (χ3v) is 3.34. The van der Waals surface area contributed by atoms with Crippen molar-refractivity contribution >= 4 is 0 Å². The molecule has 2 aliphatic rings. The molecular formula is C12H14. The minimum Gasteiger partial charge on any atom is -0.102 e. The maximum Gasteiger partial charge on any atom is 0.0222 e. The smallest absolute Gasteiger partial charge is 0.0222 e. The number of hydrogen-bond acceptors (Lipinski definition) is 0. The summed E-state index contributed by atoms with van der Waals surface area (Å²) in [7, 11) is 0. The molecule has 2 rings (SSSR count). The second-order valence-corrected chi connectivity index (χ2v) is 3.70. The van der Waals surface area contributed by atoms with E-state index in [9.17, 15) is 0 Å². The molecule has 2 atom stereocenters. The van der Waals surface area contributed by atoms with Crippen molar-refractivity contribution in [3.05, 3.63) is 49.6 Å². The molecule has 0 aliphatic heterocycles. The lowest BCUT2D eigenvalue weighted by Gasteiger charge is -2.35. The van der Waals surface area contributed by atoms with Gasteiger partial charge in [0, 0.05) is 10.8 Å². The number of rotatable bonds is 2. The van der Waals surface area contributed by atoms with Gasteiger partial charge in [-0.2, -0.15) is 0 Å². The van der Waals surface area contributed by atoms with E-state index in [1.54, 1.807) is 0 Å². The number of allylic oxidation sites excluding steroid dienone is 6. The minimum absolute atomic E-state index is 0.148. The molecule has 0 unspecified atom stereocenters. The lowest BCUT2D eigenvalue weighted by atomic mass is 9.68. The summed E-state index contributed by atoms with van der Waals surface area (Å²) in [5.74, 6) is 0. The molecule has 2 aliphatic carbocycles. The maximum absolute atomic E-state index is 3.93. The number of hydrogen-bond donors (Lipinski definition) is 0. The van der Waals surface area contributed by atoms with E-state index in [1.165, 1.54) is 0 Å². The average molecular weight is 158 g/mol. The van der Waals surface area contributed by atoms with Gasteiger partial charge < -0.3 is 0 Å². The van der Waals surface area contributed by atoms with Crippen LogP contribution in [0.1, 0.15) is 12.8 Å². The third kappa shape index (κ3) is 0.632. The molecule has 0 aromatic rings. The quantitative estimate of drug-likeness (QED) is 0.541. The fourth-order valence-electron chi connectivity index (χ4n) is 2.44. The largest absolute Gasteiger partial charge is 0.102 e. The van der Waals surface area contributed by atoms with Crippen molar-refractivity contribution in [2.75, 3.05) is 0 Å². The molecule has 12 heavy (non-hydrogen) atoms. The summed E-state index contributed by atoms with van der Waals surface area (Å²) in [4.78, 5) is 0. The van der Waals surface area contributed by atoms with E-state index in [0.717, 1.165) is 12.8 Å². The van der Waals surface area contributed by atoms with Crippen LogP contribution in [0.3, 0.4) is 0 Å². The zero-order valence-electron chi connectivity index (χ0n) is 7.29. The Kier molecular flexibility index (Phi) is 1.41. The van der Waals surface area contributed by atoms with Crippen molar-refractivity contribution in [3.8, 4) is 0 Å². The first-order valence-corrected chi connectivity index (χ1v) is 4.41. The van der Waals surface area contributed by atoms with Crippen molar-refractivity contribution in [1.29, 1.82) is 0 Å². The van der Waals surface area contributed by atoms with E-state index in [0.29, 0.717) is 0 Å². The molecule has 0 aromatic carbocycles. The predicted octanol–water partition coefficient (Wildman–Crippen LogP) is 3.25. The Morgan fingerprint density at radius 1 is 0.917 bits per heavy atom. The van der Waals surface area contributed by atoms with Gasteiger partial charge in [-0.3, -0.25) is 0 Å². The minimum atomic E-state index is 0.148. The van der Waals surface area contributed by atoms with Gasteiger partial charge in [0.1, 0.15) is 0 Å². The van der Waals surface area contributed by atoms with Crippen LogP contribution in [-0.2, 0) is 0 Å². The van der Waals surface area contributed by atoms with Crippen molar-refractivity contribution in [2.24, 2.45) is 10.8 Å². The normalized spacial score (nSPS) is 43.0. The van der Waals surface area contributed by atoms with Gasteiger partial charge in [-0.05, 0) is 12.8 Å². The summed E-state index contributed by atoms with van der Waals surface area (Å²) < 4.78 is 0. The molecule has 0 bridgehead atoms. The predicted molar refractivity (Wildman–Crippen MR) is 52.8 cm³/mol. The highest BCUT2D eigenvalue weighted by Crippen LogP contribution is 2.57. The van der Waals surface area contributed by atoms with Crippen LogP contribution in [0.5, 0.6) is 0 Å². The Bertz CT molecular complexity index is 252. The third-order valence-electron chi connectivity index (χ3n) is 3.34. The van der Waals surface area contributed by atoms with Gasteiger partial charge >= 0.3 is 0 Å². The zero-order valence-corrected chi connectivity index (χ0v) is 7.29. The highest BCUT2D eigenvalue weighted by molar-refractivity contribution is 5.38. The molecule has 0 fully saturated rings. The van der Waals surface area contributed by atoms with Gasteiger partial charge in [0.05, 0.1) is 0 Å². The molecule has 62 valence electrons. The van der Waals surface area contributed by atoms with E-state index in [-0.39, 0.29) is 10.8 Å². The van der Waals surface area contributed by atoms with E-state index in [1.807, 2.05) is 0 Å². The van der Waals surface area contributed by atoms with Gasteiger partial charge in [0.15, 0.2) is 0 Å². The second-order valence-electron chi connectivity index (χ2n) is 3.70.